The summed E-state index contributed by atoms with van der Waals surface area (Å²) in [6.07, 6.45) is 2.50. The molecular formula is C14H17BrO3. The van der Waals surface area contributed by atoms with E-state index in [1.54, 1.807) is 7.11 Å². The number of rotatable bonds is 4. The van der Waals surface area contributed by atoms with Gasteiger partial charge >= 0.3 is 0 Å². The van der Waals surface area contributed by atoms with Crippen LogP contribution >= 0.6 is 15.9 Å². The van der Waals surface area contributed by atoms with Crippen molar-refractivity contribution in [3.05, 3.63) is 21.7 Å². The molecule has 1 heterocycles. The Labute approximate surface area is 116 Å². The van der Waals surface area contributed by atoms with Crippen molar-refractivity contribution in [3.63, 3.8) is 0 Å². The molecule has 1 aliphatic heterocycles. The van der Waals surface area contributed by atoms with Gasteiger partial charge in [-0.25, -0.2) is 0 Å². The minimum atomic E-state index is 0.168. The molecule has 0 amide bonds. The molecule has 0 N–H and O–H groups in total. The molecule has 18 heavy (non-hydrogen) atoms. The van der Waals surface area contributed by atoms with Gasteiger partial charge in [0, 0.05) is 22.9 Å². The summed E-state index contributed by atoms with van der Waals surface area (Å²) in [4.78, 5) is 10.7. The summed E-state index contributed by atoms with van der Waals surface area (Å²) in [5.74, 6) is 1.76. The average molecular weight is 313 g/mol. The van der Waals surface area contributed by atoms with Gasteiger partial charge in [0.25, 0.3) is 0 Å². The first kappa shape index (κ1) is 13.4. The molecule has 3 nitrogen and oxygen atoms in total. The molecule has 1 aromatic carbocycles. The molecule has 4 heteroatoms. The Bertz CT molecular complexity index is 471. The predicted octanol–water partition coefficient (Wildman–Crippen LogP) is 3.47. The second-order valence-electron chi connectivity index (χ2n) is 4.73. The molecule has 2 rings (SSSR count). The number of carbonyl (C=O) groups is 1. The van der Waals surface area contributed by atoms with Crippen molar-refractivity contribution in [2.75, 3.05) is 7.11 Å². The molecule has 0 aromatic heterocycles. The highest BCUT2D eigenvalue weighted by Gasteiger charge is 2.28. The first-order chi connectivity index (χ1) is 8.58. The van der Waals surface area contributed by atoms with E-state index in [2.05, 4.69) is 15.9 Å². The molecule has 0 saturated carbocycles. The van der Waals surface area contributed by atoms with E-state index in [-0.39, 0.29) is 12.0 Å². The number of ether oxygens (including phenoxy) is 2. The van der Waals surface area contributed by atoms with Crippen molar-refractivity contribution in [1.82, 2.24) is 0 Å². The Kier molecular flexibility index (Phi) is 3.95. The number of fused-ring (bicyclic) bond motifs is 1. The van der Waals surface area contributed by atoms with Crippen LogP contribution in [0.4, 0.5) is 0 Å². The van der Waals surface area contributed by atoms with Crippen LogP contribution in [0.2, 0.25) is 0 Å². The number of benzene rings is 1. The van der Waals surface area contributed by atoms with Gasteiger partial charge in [-0.1, -0.05) is 22.9 Å². The number of hydrogen-bond donors (Lipinski definition) is 0. The fourth-order valence-electron chi connectivity index (χ4n) is 2.32. The maximum Gasteiger partial charge on any atom is 0.166 e. The third-order valence-corrected chi connectivity index (χ3v) is 4.25. The molecule has 0 radical (unpaired) electrons. The van der Waals surface area contributed by atoms with Gasteiger partial charge < -0.3 is 14.3 Å². The zero-order valence-electron chi connectivity index (χ0n) is 10.8. The summed E-state index contributed by atoms with van der Waals surface area (Å²) in [5, 5.41) is 0. The first-order valence-corrected chi connectivity index (χ1v) is 6.87. The number of carbonyl (C=O) groups excluding carboxylic acids is 1. The first-order valence-electron chi connectivity index (χ1n) is 6.08. The van der Waals surface area contributed by atoms with Gasteiger partial charge in [0.05, 0.1) is 7.11 Å². The van der Waals surface area contributed by atoms with Gasteiger partial charge in [-0.15, -0.1) is 0 Å². The van der Waals surface area contributed by atoms with Crippen LogP contribution in [0.25, 0.3) is 0 Å². The highest BCUT2D eigenvalue weighted by atomic mass is 79.9. The van der Waals surface area contributed by atoms with Gasteiger partial charge in [-0.3, -0.25) is 0 Å². The van der Waals surface area contributed by atoms with Crippen molar-refractivity contribution in [2.45, 2.75) is 38.7 Å². The summed E-state index contributed by atoms with van der Waals surface area (Å²) < 4.78 is 12.2. The molecule has 1 aliphatic rings. The smallest absolute Gasteiger partial charge is 0.166 e. The lowest BCUT2D eigenvalue weighted by molar-refractivity contribution is -0.108. The van der Waals surface area contributed by atoms with Gasteiger partial charge in [0.15, 0.2) is 11.5 Å². The minimum Gasteiger partial charge on any atom is -0.493 e. The average Bonchev–Trinajstić information content (AvgIpc) is 2.72. The van der Waals surface area contributed by atoms with E-state index in [1.165, 1.54) is 0 Å². The lowest BCUT2D eigenvalue weighted by Gasteiger charge is -2.16. The van der Waals surface area contributed by atoms with E-state index in [1.807, 2.05) is 19.9 Å². The molecule has 0 fully saturated rings. The third-order valence-electron chi connectivity index (χ3n) is 3.31. The maximum atomic E-state index is 10.7. The quantitative estimate of drug-likeness (QED) is 0.799. The second-order valence-corrected chi connectivity index (χ2v) is 5.52. The summed E-state index contributed by atoms with van der Waals surface area (Å²) in [5.41, 5.74) is 2.25. The maximum absolute atomic E-state index is 10.7. The SMILES string of the molecule is COc1cc(C(C)CC=O)c(Br)c2c1OC(C)C2. The van der Waals surface area contributed by atoms with E-state index in [0.29, 0.717) is 6.42 Å². The Balaban J connectivity index is 2.50. The summed E-state index contributed by atoms with van der Waals surface area (Å²) in [6, 6.07) is 1.97. The number of methoxy groups -OCH3 is 1. The zero-order valence-corrected chi connectivity index (χ0v) is 12.4. The molecular weight excluding hydrogens is 296 g/mol. The van der Waals surface area contributed by atoms with E-state index in [9.17, 15) is 4.79 Å². The van der Waals surface area contributed by atoms with Gasteiger partial charge in [-0.05, 0) is 24.5 Å². The van der Waals surface area contributed by atoms with E-state index in [0.717, 1.165) is 39.8 Å². The number of halogens is 1. The fraction of sp³-hybridized carbons (Fsp3) is 0.500. The summed E-state index contributed by atoms with van der Waals surface area (Å²) >= 11 is 3.64. The monoisotopic (exact) mass is 312 g/mol. The largest absolute Gasteiger partial charge is 0.493 e. The third kappa shape index (κ3) is 2.26. The van der Waals surface area contributed by atoms with Crippen molar-refractivity contribution >= 4 is 22.2 Å². The van der Waals surface area contributed by atoms with Crippen LogP contribution in [0.5, 0.6) is 11.5 Å². The molecule has 0 aliphatic carbocycles. The van der Waals surface area contributed by atoms with E-state index >= 15 is 0 Å². The topological polar surface area (TPSA) is 35.5 Å². The normalized spacial score (nSPS) is 19.0. The minimum absolute atomic E-state index is 0.168. The standard InChI is InChI=1S/C14H17BrO3/c1-8(4-5-16)10-7-12(17-3)14-11(13(10)15)6-9(2)18-14/h5,7-9H,4,6H2,1-3H3. The van der Waals surface area contributed by atoms with Crippen LogP contribution in [-0.4, -0.2) is 19.5 Å². The molecule has 0 bridgehead atoms. The van der Waals surface area contributed by atoms with Crippen LogP contribution in [-0.2, 0) is 11.2 Å². The van der Waals surface area contributed by atoms with Gasteiger partial charge in [-0.2, -0.15) is 0 Å². The fourth-order valence-corrected chi connectivity index (χ4v) is 3.16. The predicted molar refractivity (Wildman–Crippen MR) is 73.6 cm³/mol. The number of aldehydes is 1. The van der Waals surface area contributed by atoms with Crippen molar-refractivity contribution in [1.29, 1.82) is 0 Å². The van der Waals surface area contributed by atoms with Crippen molar-refractivity contribution < 1.29 is 14.3 Å². The van der Waals surface area contributed by atoms with Crippen LogP contribution in [0.3, 0.4) is 0 Å². The Morgan fingerprint density at radius 2 is 2.39 bits per heavy atom. The van der Waals surface area contributed by atoms with Crippen molar-refractivity contribution in [3.8, 4) is 11.5 Å². The Morgan fingerprint density at radius 3 is 3.00 bits per heavy atom. The lowest BCUT2D eigenvalue weighted by Crippen LogP contribution is -2.05. The van der Waals surface area contributed by atoms with Gasteiger partial charge in [0.2, 0.25) is 0 Å². The molecule has 98 valence electrons. The van der Waals surface area contributed by atoms with E-state index in [4.69, 9.17) is 9.47 Å². The zero-order chi connectivity index (χ0) is 13.3. The van der Waals surface area contributed by atoms with Crippen molar-refractivity contribution in [2.24, 2.45) is 0 Å². The number of hydrogen-bond acceptors (Lipinski definition) is 3. The molecule has 1 aromatic rings. The second kappa shape index (κ2) is 5.31. The van der Waals surface area contributed by atoms with Crippen LogP contribution in [0.15, 0.2) is 10.5 Å². The molecule has 2 atom stereocenters. The summed E-state index contributed by atoms with van der Waals surface area (Å²) in [6.45, 7) is 4.08. The van der Waals surface area contributed by atoms with Crippen LogP contribution in [0.1, 0.15) is 37.3 Å². The molecule has 0 saturated heterocycles. The molecule has 0 spiro atoms. The van der Waals surface area contributed by atoms with E-state index < -0.39 is 0 Å². The highest BCUT2D eigenvalue weighted by Crippen LogP contribution is 2.46. The van der Waals surface area contributed by atoms with Crippen LogP contribution < -0.4 is 9.47 Å². The highest BCUT2D eigenvalue weighted by molar-refractivity contribution is 9.10. The summed E-state index contributed by atoms with van der Waals surface area (Å²) in [7, 11) is 1.64. The Hall–Kier alpha value is -1.03. The lowest BCUT2D eigenvalue weighted by atomic mass is 9.95. The van der Waals surface area contributed by atoms with Gasteiger partial charge in [0.1, 0.15) is 12.4 Å². The Morgan fingerprint density at radius 1 is 1.67 bits per heavy atom. The van der Waals surface area contributed by atoms with Crippen LogP contribution in [0, 0.1) is 0 Å². The molecule has 2 unspecified atom stereocenters.